The van der Waals surface area contributed by atoms with Gasteiger partial charge in [0, 0.05) is 37.1 Å². The van der Waals surface area contributed by atoms with Crippen molar-refractivity contribution < 1.29 is 9.59 Å². The first-order valence-corrected chi connectivity index (χ1v) is 9.27. The molecule has 0 unspecified atom stereocenters. The van der Waals surface area contributed by atoms with E-state index in [0.29, 0.717) is 18.1 Å². The Labute approximate surface area is 141 Å². The molecule has 2 aliphatic rings. The summed E-state index contributed by atoms with van der Waals surface area (Å²) < 4.78 is 0. The van der Waals surface area contributed by atoms with Crippen LogP contribution >= 0.6 is 11.8 Å². The number of rotatable bonds is 3. The number of hydrogen-bond donors (Lipinski definition) is 1. The molecule has 1 aromatic rings. The lowest BCUT2D eigenvalue weighted by Gasteiger charge is -2.28. The molecule has 6 heteroatoms. The van der Waals surface area contributed by atoms with Crippen LogP contribution in [-0.2, 0) is 16.0 Å². The fourth-order valence-electron chi connectivity index (χ4n) is 3.20. The maximum atomic E-state index is 12.5. The highest BCUT2D eigenvalue weighted by Crippen LogP contribution is 2.29. The van der Waals surface area contributed by atoms with Gasteiger partial charge in [0.2, 0.25) is 11.8 Å². The SMILES string of the molecule is CCC(=O)N1CSC[C@H]1C(=O)Nc1ccc2c(c1)CCCN2C. The van der Waals surface area contributed by atoms with Gasteiger partial charge in [-0.3, -0.25) is 9.59 Å². The minimum atomic E-state index is -0.355. The van der Waals surface area contributed by atoms with Crippen LogP contribution in [0.2, 0.25) is 0 Å². The lowest BCUT2D eigenvalue weighted by atomic mass is 10.0. The molecule has 1 saturated heterocycles. The van der Waals surface area contributed by atoms with Gasteiger partial charge in [0.15, 0.2) is 0 Å². The zero-order valence-electron chi connectivity index (χ0n) is 13.7. The van der Waals surface area contributed by atoms with Gasteiger partial charge >= 0.3 is 0 Å². The van der Waals surface area contributed by atoms with Crippen LogP contribution in [0.5, 0.6) is 0 Å². The first-order valence-electron chi connectivity index (χ1n) is 8.12. The van der Waals surface area contributed by atoms with Gasteiger partial charge in [-0.2, -0.15) is 0 Å². The predicted molar refractivity (Wildman–Crippen MR) is 94.9 cm³/mol. The monoisotopic (exact) mass is 333 g/mol. The van der Waals surface area contributed by atoms with Crippen LogP contribution in [0.25, 0.3) is 0 Å². The van der Waals surface area contributed by atoms with E-state index in [1.54, 1.807) is 16.7 Å². The van der Waals surface area contributed by atoms with Gasteiger partial charge in [-0.05, 0) is 36.6 Å². The summed E-state index contributed by atoms with van der Waals surface area (Å²) in [5.74, 6) is 1.24. The molecule has 1 atom stereocenters. The van der Waals surface area contributed by atoms with E-state index in [-0.39, 0.29) is 17.9 Å². The van der Waals surface area contributed by atoms with Gasteiger partial charge in [-0.25, -0.2) is 0 Å². The molecule has 1 N–H and O–H groups in total. The van der Waals surface area contributed by atoms with Gasteiger partial charge in [-0.15, -0.1) is 11.8 Å². The molecule has 0 aliphatic carbocycles. The second-order valence-corrected chi connectivity index (χ2v) is 7.09. The minimum Gasteiger partial charge on any atom is -0.374 e. The molecule has 0 bridgehead atoms. The summed E-state index contributed by atoms with van der Waals surface area (Å²) in [5, 5.41) is 2.99. The third-order valence-electron chi connectivity index (χ3n) is 4.51. The van der Waals surface area contributed by atoms with Crippen molar-refractivity contribution in [1.29, 1.82) is 0 Å². The quantitative estimate of drug-likeness (QED) is 0.922. The molecule has 0 saturated carbocycles. The van der Waals surface area contributed by atoms with Crippen molar-refractivity contribution in [1.82, 2.24) is 4.90 Å². The van der Waals surface area contributed by atoms with Gasteiger partial charge in [-0.1, -0.05) is 6.92 Å². The molecule has 0 radical (unpaired) electrons. The Morgan fingerprint density at radius 3 is 3.00 bits per heavy atom. The molecule has 1 fully saturated rings. The highest BCUT2D eigenvalue weighted by molar-refractivity contribution is 7.99. The van der Waals surface area contributed by atoms with E-state index in [1.807, 2.05) is 13.0 Å². The zero-order valence-corrected chi connectivity index (χ0v) is 14.5. The number of thioether (sulfide) groups is 1. The fraction of sp³-hybridized carbons (Fsp3) is 0.529. The molecule has 124 valence electrons. The van der Waals surface area contributed by atoms with E-state index in [0.717, 1.165) is 25.1 Å². The Hall–Kier alpha value is -1.69. The van der Waals surface area contributed by atoms with Crippen LogP contribution < -0.4 is 10.2 Å². The smallest absolute Gasteiger partial charge is 0.248 e. The first-order chi connectivity index (χ1) is 11.1. The number of nitrogens with one attached hydrogen (secondary N) is 1. The van der Waals surface area contributed by atoms with Gasteiger partial charge in [0.05, 0.1) is 5.88 Å². The maximum Gasteiger partial charge on any atom is 0.248 e. The molecular weight excluding hydrogens is 310 g/mol. The zero-order chi connectivity index (χ0) is 16.4. The fourth-order valence-corrected chi connectivity index (χ4v) is 4.38. The molecule has 3 rings (SSSR count). The number of nitrogens with zero attached hydrogens (tertiary/aromatic N) is 2. The lowest BCUT2D eigenvalue weighted by molar-refractivity contribution is -0.135. The lowest BCUT2D eigenvalue weighted by Crippen LogP contribution is -2.44. The highest BCUT2D eigenvalue weighted by Gasteiger charge is 2.33. The third-order valence-corrected chi connectivity index (χ3v) is 5.52. The molecule has 0 aromatic heterocycles. The van der Waals surface area contributed by atoms with Gasteiger partial charge in [0.25, 0.3) is 0 Å². The molecule has 2 aliphatic heterocycles. The van der Waals surface area contributed by atoms with E-state index >= 15 is 0 Å². The summed E-state index contributed by atoms with van der Waals surface area (Å²) in [6, 6.07) is 5.73. The van der Waals surface area contributed by atoms with Crippen molar-refractivity contribution in [3.05, 3.63) is 23.8 Å². The van der Waals surface area contributed by atoms with Crippen LogP contribution in [0.1, 0.15) is 25.3 Å². The largest absolute Gasteiger partial charge is 0.374 e. The number of aryl methyl sites for hydroxylation is 1. The Bertz CT molecular complexity index is 620. The predicted octanol–water partition coefficient (Wildman–Crippen LogP) is 2.32. The van der Waals surface area contributed by atoms with E-state index < -0.39 is 0 Å². The van der Waals surface area contributed by atoms with Crippen LogP contribution in [0.4, 0.5) is 11.4 Å². The first kappa shape index (κ1) is 16.2. The second kappa shape index (κ2) is 6.83. The number of hydrogen-bond acceptors (Lipinski definition) is 4. The van der Waals surface area contributed by atoms with Crippen molar-refractivity contribution >= 4 is 35.0 Å². The average Bonchev–Trinajstić information content (AvgIpc) is 3.04. The number of amides is 2. The molecule has 2 heterocycles. The van der Waals surface area contributed by atoms with Crippen molar-refractivity contribution in [2.75, 3.05) is 35.4 Å². The number of carbonyl (C=O) groups excluding carboxylic acids is 2. The third kappa shape index (κ3) is 3.32. The molecule has 0 spiro atoms. The Kier molecular flexibility index (Phi) is 4.80. The summed E-state index contributed by atoms with van der Waals surface area (Å²) >= 11 is 1.63. The van der Waals surface area contributed by atoms with E-state index in [9.17, 15) is 9.59 Å². The minimum absolute atomic E-state index is 0.0437. The Balaban J connectivity index is 1.72. The van der Waals surface area contributed by atoms with Crippen LogP contribution in [0, 0.1) is 0 Å². The van der Waals surface area contributed by atoms with Crippen molar-refractivity contribution in [2.24, 2.45) is 0 Å². The van der Waals surface area contributed by atoms with Crippen LogP contribution in [0.15, 0.2) is 18.2 Å². The second-order valence-electron chi connectivity index (χ2n) is 6.09. The van der Waals surface area contributed by atoms with E-state index in [4.69, 9.17) is 0 Å². The average molecular weight is 333 g/mol. The summed E-state index contributed by atoms with van der Waals surface area (Å²) in [6.45, 7) is 2.91. The van der Waals surface area contributed by atoms with Crippen LogP contribution in [0.3, 0.4) is 0 Å². The van der Waals surface area contributed by atoms with Gasteiger partial charge < -0.3 is 15.1 Å². The molecule has 2 amide bonds. The summed E-state index contributed by atoms with van der Waals surface area (Å²) in [6.07, 6.45) is 2.62. The molecule has 23 heavy (non-hydrogen) atoms. The van der Waals surface area contributed by atoms with E-state index in [1.165, 1.54) is 11.3 Å². The molecule has 5 nitrogen and oxygen atoms in total. The number of carbonyl (C=O) groups is 2. The number of benzene rings is 1. The van der Waals surface area contributed by atoms with Crippen molar-refractivity contribution in [3.8, 4) is 0 Å². The van der Waals surface area contributed by atoms with Crippen molar-refractivity contribution in [3.63, 3.8) is 0 Å². The topological polar surface area (TPSA) is 52.7 Å². The Morgan fingerprint density at radius 1 is 1.39 bits per heavy atom. The normalized spacial score (nSPS) is 20.3. The van der Waals surface area contributed by atoms with Crippen LogP contribution in [-0.4, -0.2) is 48.0 Å². The van der Waals surface area contributed by atoms with Gasteiger partial charge in [0.1, 0.15) is 6.04 Å². The molecule has 1 aromatic carbocycles. The summed E-state index contributed by atoms with van der Waals surface area (Å²) in [7, 11) is 2.10. The highest BCUT2D eigenvalue weighted by atomic mass is 32.2. The molecular formula is C17H23N3O2S. The number of anilines is 2. The summed E-state index contributed by atoms with van der Waals surface area (Å²) in [5.41, 5.74) is 3.34. The number of fused-ring (bicyclic) bond motifs is 1. The van der Waals surface area contributed by atoms with E-state index in [2.05, 4.69) is 29.4 Å². The van der Waals surface area contributed by atoms with Crippen molar-refractivity contribution in [2.45, 2.75) is 32.2 Å². The maximum absolute atomic E-state index is 12.5. The summed E-state index contributed by atoms with van der Waals surface area (Å²) in [4.78, 5) is 28.4. The Morgan fingerprint density at radius 2 is 2.22 bits per heavy atom. The standard InChI is InChI=1S/C17H23N3O2S/c1-3-16(21)20-11-23-10-15(20)17(22)18-13-6-7-14-12(9-13)5-4-8-19(14)2/h6-7,9,15H,3-5,8,10-11H2,1-2H3,(H,18,22)/t15-/m0/s1.